The van der Waals surface area contributed by atoms with Crippen LogP contribution in [0.15, 0.2) is 71.7 Å². The van der Waals surface area contributed by atoms with Crippen LogP contribution in [0.5, 0.6) is 5.75 Å². The summed E-state index contributed by atoms with van der Waals surface area (Å²) in [5.41, 5.74) is 2.30. The Kier molecular flexibility index (Phi) is 6.96. The summed E-state index contributed by atoms with van der Waals surface area (Å²) in [4.78, 5) is 17.7. The van der Waals surface area contributed by atoms with Gasteiger partial charge >= 0.3 is 5.56 Å². The summed E-state index contributed by atoms with van der Waals surface area (Å²) >= 11 is 0. The van der Waals surface area contributed by atoms with E-state index in [1.165, 1.54) is 4.68 Å². The fourth-order valence-corrected chi connectivity index (χ4v) is 3.56. The van der Waals surface area contributed by atoms with Crippen molar-refractivity contribution in [3.63, 3.8) is 0 Å². The highest BCUT2D eigenvalue weighted by molar-refractivity contribution is 5.57. The summed E-state index contributed by atoms with van der Waals surface area (Å²) < 4.78 is 13.1. The average molecular weight is 421 g/mol. The van der Waals surface area contributed by atoms with Gasteiger partial charge < -0.3 is 19.3 Å². The molecule has 4 rings (SSSR count). The van der Waals surface area contributed by atoms with Crippen LogP contribution in [0.2, 0.25) is 0 Å². The van der Waals surface area contributed by atoms with E-state index < -0.39 is 0 Å². The van der Waals surface area contributed by atoms with E-state index in [0.29, 0.717) is 31.3 Å². The number of hydrogen-bond donors (Lipinski definition) is 0. The molecule has 2 heterocycles. The molecule has 3 aromatic rings. The zero-order chi connectivity index (χ0) is 21.5. The minimum Gasteiger partial charge on any atom is -0.484 e. The van der Waals surface area contributed by atoms with Crippen molar-refractivity contribution in [3.8, 4) is 11.4 Å². The van der Waals surface area contributed by atoms with Crippen LogP contribution in [0.4, 0.5) is 5.69 Å². The molecule has 1 aromatic heterocycles. The minimum absolute atomic E-state index is 0.259. The lowest BCUT2D eigenvalue weighted by Crippen LogP contribution is -2.45. The van der Waals surface area contributed by atoms with Gasteiger partial charge in [-0.1, -0.05) is 48.5 Å². The predicted octanol–water partition coefficient (Wildman–Crippen LogP) is 2.58. The largest absolute Gasteiger partial charge is 0.484 e. The fourth-order valence-electron chi connectivity index (χ4n) is 3.56. The van der Waals surface area contributed by atoms with Gasteiger partial charge in [-0.3, -0.25) is 4.79 Å². The number of ether oxygens (including phenoxy) is 2. The third-order valence-electron chi connectivity index (χ3n) is 5.35. The van der Waals surface area contributed by atoms with E-state index in [9.17, 15) is 4.79 Å². The van der Waals surface area contributed by atoms with Crippen molar-refractivity contribution in [2.24, 2.45) is 0 Å². The molecular formula is C24H28N4O3. The van der Waals surface area contributed by atoms with Crippen molar-refractivity contribution in [1.29, 1.82) is 0 Å². The molecule has 0 amide bonds. The normalized spacial score (nSPS) is 14.5. The molecule has 0 radical (unpaired) electrons. The summed E-state index contributed by atoms with van der Waals surface area (Å²) in [7, 11) is 2.10. The Balaban J connectivity index is 1.50. The molecule has 0 bridgehead atoms. The zero-order valence-electron chi connectivity index (χ0n) is 17.8. The first-order chi connectivity index (χ1) is 15.2. The van der Waals surface area contributed by atoms with Gasteiger partial charge in [0.25, 0.3) is 0 Å². The van der Waals surface area contributed by atoms with Gasteiger partial charge in [-0.15, -0.1) is 0 Å². The summed E-state index contributed by atoms with van der Waals surface area (Å²) in [5.74, 6) is 0.326. The molecule has 0 unspecified atom stereocenters. The van der Waals surface area contributed by atoms with Gasteiger partial charge in [0, 0.05) is 26.2 Å². The van der Waals surface area contributed by atoms with Gasteiger partial charge in [-0.05, 0) is 24.7 Å². The fraction of sp³-hybridized carbons (Fsp3) is 0.333. The van der Waals surface area contributed by atoms with Crippen LogP contribution in [0.3, 0.4) is 0 Å². The molecule has 2 aromatic carbocycles. The topological polar surface area (TPSA) is 59.8 Å². The number of piperazine rings is 1. The van der Waals surface area contributed by atoms with Gasteiger partial charge in [0.1, 0.15) is 12.3 Å². The lowest BCUT2D eigenvalue weighted by Gasteiger charge is -2.34. The van der Waals surface area contributed by atoms with E-state index >= 15 is 0 Å². The van der Waals surface area contributed by atoms with Gasteiger partial charge in [0.05, 0.1) is 25.1 Å². The molecule has 1 aliphatic rings. The van der Waals surface area contributed by atoms with Gasteiger partial charge in [-0.25, -0.2) is 0 Å². The maximum absolute atomic E-state index is 13.3. The van der Waals surface area contributed by atoms with Crippen molar-refractivity contribution >= 4 is 5.69 Å². The Morgan fingerprint density at radius 2 is 1.58 bits per heavy atom. The smallest absolute Gasteiger partial charge is 0.316 e. The number of benzene rings is 2. The van der Waals surface area contributed by atoms with Crippen LogP contribution in [0, 0.1) is 0 Å². The Bertz CT molecular complexity index is 1020. The van der Waals surface area contributed by atoms with Crippen LogP contribution >= 0.6 is 0 Å². The van der Waals surface area contributed by atoms with E-state index in [-0.39, 0.29) is 5.56 Å². The summed E-state index contributed by atoms with van der Waals surface area (Å²) in [5, 5.41) is 4.43. The Hall–Kier alpha value is -3.16. The van der Waals surface area contributed by atoms with Gasteiger partial charge in [0.2, 0.25) is 5.75 Å². The van der Waals surface area contributed by atoms with E-state index in [1.54, 1.807) is 6.20 Å². The Morgan fingerprint density at radius 1 is 0.903 bits per heavy atom. The van der Waals surface area contributed by atoms with Crippen LogP contribution in [-0.4, -0.2) is 61.1 Å². The maximum atomic E-state index is 13.3. The summed E-state index contributed by atoms with van der Waals surface area (Å²) in [6, 6.07) is 19.4. The summed E-state index contributed by atoms with van der Waals surface area (Å²) in [6.45, 7) is 4.72. The minimum atomic E-state index is -0.259. The Morgan fingerprint density at radius 3 is 2.29 bits per heavy atom. The molecule has 0 N–H and O–H groups in total. The maximum Gasteiger partial charge on any atom is 0.316 e. The standard InChI is InChI=1S/C24H28N4O3/c1-26-12-14-27(15-13-26)22-18-25-28(21-10-6-3-7-11-21)24(29)23(22)31-17-16-30-19-20-8-4-2-5-9-20/h2-11,18H,12-17,19H2,1H3. The van der Waals surface area contributed by atoms with Crippen molar-refractivity contribution in [2.45, 2.75) is 6.61 Å². The highest BCUT2D eigenvalue weighted by Gasteiger charge is 2.22. The first-order valence-electron chi connectivity index (χ1n) is 10.6. The molecule has 7 nitrogen and oxygen atoms in total. The van der Waals surface area contributed by atoms with Gasteiger partial charge in [0.15, 0.2) is 0 Å². The number of nitrogens with zero attached hydrogens (tertiary/aromatic N) is 4. The van der Waals surface area contributed by atoms with Crippen LogP contribution in [0.25, 0.3) is 5.69 Å². The molecule has 0 aliphatic carbocycles. The SMILES string of the molecule is CN1CCN(c2cnn(-c3ccccc3)c(=O)c2OCCOCc2ccccc2)CC1. The molecule has 0 spiro atoms. The van der Waals surface area contributed by atoms with Crippen molar-refractivity contribution in [3.05, 3.63) is 82.8 Å². The lowest BCUT2D eigenvalue weighted by atomic mass is 10.2. The number of aromatic nitrogens is 2. The molecule has 1 saturated heterocycles. The third kappa shape index (κ3) is 5.31. The molecule has 0 saturated carbocycles. The Labute approximate surface area is 182 Å². The average Bonchev–Trinajstić information content (AvgIpc) is 2.81. The first kappa shape index (κ1) is 21.1. The van der Waals surface area contributed by atoms with Gasteiger partial charge in [-0.2, -0.15) is 9.78 Å². The monoisotopic (exact) mass is 420 g/mol. The van der Waals surface area contributed by atoms with E-state index in [2.05, 4.69) is 21.9 Å². The number of anilines is 1. The number of likely N-dealkylation sites (N-methyl/N-ethyl adjacent to an activating group) is 1. The van der Waals surface area contributed by atoms with E-state index in [0.717, 1.165) is 37.4 Å². The molecule has 1 fully saturated rings. The third-order valence-corrected chi connectivity index (χ3v) is 5.35. The summed E-state index contributed by atoms with van der Waals surface area (Å²) in [6.07, 6.45) is 1.74. The second-order valence-electron chi connectivity index (χ2n) is 7.59. The second-order valence-corrected chi connectivity index (χ2v) is 7.59. The molecule has 162 valence electrons. The van der Waals surface area contributed by atoms with E-state index in [4.69, 9.17) is 9.47 Å². The van der Waals surface area contributed by atoms with Crippen LogP contribution in [0.1, 0.15) is 5.56 Å². The number of hydrogen-bond acceptors (Lipinski definition) is 6. The predicted molar refractivity (Wildman–Crippen MR) is 121 cm³/mol. The molecule has 7 heteroatoms. The van der Waals surface area contributed by atoms with Crippen molar-refractivity contribution in [1.82, 2.24) is 14.7 Å². The quantitative estimate of drug-likeness (QED) is 0.522. The van der Waals surface area contributed by atoms with E-state index in [1.807, 2.05) is 60.7 Å². The lowest BCUT2D eigenvalue weighted by molar-refractivity contribution is 0.0883. The molecular weight excluding hydrogens is 392 g/mol. The van der Waals surface area contributed by atoms with Crippen LogP contribution < -0.4 is 15.2 Å². The molecule has 0 atom stereocenters. The molecule has 1 aliphatic heterocycles. The number of para-hydroxylation sites is 1. The van der Waals surface area contributed by atoms with Crippen LogP contribution in [-0.2, 0) is 11.3 Å². The second kappa shape index (κ2) is 10.2. The zero-order valence-corrected chi connectivity index (χ0v) is 17.8. The number of rotatable bonds is 8. The first-order valence-corrected chi connectivity index (χ1v) is 10.6. The molecule has 31 heavy (non-hydrogen) atoms. The highest BCUT2D eigenvalue weighted by Crippen LogP contribution is 2.25. The highest BCUT2D eigenvalue weighted by atomic mass is 16.5. The van der Waals surface area contributed by atoms with Crippen molar-refractivity contribution in [2.75, 3.05) is 51.3 Å². The van der Waals surface area contributed by atoms with Crippen molar-refractivity contribution < 1.29 is 9.47 Å².